The summed E-state index contributed by atoms with van der Waals surface area (Å²) in [6.45, 7) is 4.45. The van der Waals surface area contributed by atoms with Crippen molar-refractivity contribution in [3.8, 4) is 11.5 Å². The zero-order valence-corrected chi connectivity index (χ0v) is 17.7. The molecule has 0 amide bonds. The molecule has 2 aromatic rings. The zero-order chi connectivity index (χ0) is 19.4. The fourth-order valence-electron chi connectivity index (χ4n) is 2.53. The molecule has 0 radical (unpaired) electrons. The van der Waals surface area contributed by atoms with Crippen molar-refractivity contribution in [2.75, 3.05) is 6.61 Å². The van der Waals surface area contributed by atoms with E-state index in [1.54, 1.807) is 13.0 Å². The molecule has 0 aliphatic carbocycles. The van der Waals surface area contributed by atoms with Gasteiger partial charge in [0.2, 0.25) is 0 Å². The van der Waals surface area contributed by atoms with Crippen LogP contribution in [0, 0.1) is 3.57 Å². The van der Waals surface area contributed by atoms with Crippen LogP contribution in [-0.4, -0.2) is 18.3 Å². The summed E-state index contributed by atoms with van der Waals surface area (Å²) >= 11 is 8.39. The Labute approximate surface area is 176 Å². The largest absolute Gasteiger partial charge is 0.490 e. The van der Waals surface area contributed by atoms with Crippen LogP contribution in [0.3, 0.4) is 0 Å². The lowest BCUT2D eigenvalue weighted by molar-refractivity contribution is -0.136. The molecular formula is C20H17ClINO4. The zero-order valence-electron chi connectivity index (χ0n) is 14.8. The summed E-state index contributed by atoms with van der Waals surface area (Å²) in [6.07, 6.45) is 1.73. The van der Waals surface area contributed by atoms with Crippen molar-refractivity contribution in [1.82, 2.24) is 0 Å². The summed E-state index contributed by atoms with van der Waals surface area (Å²) < 4.78 is 12.6. The molecule has 3 rings (SSSR count). The third kappa shape index (κ3) is 4.62. The van der Waals surface area contributed by atoms with E-state index >= 15 is 0 Å². The molecule has 2 aromatic carbocycles. The lowest BCUT2D eigenvalue weighted by atomic mass is 10.1. The number of oxime groups is 1. The van der Waals surface area contributed by atoms with Crippen molar-refractivity contribution in [2.24, 2.45) is 5.16 Å². The van der Waals surface area contributed by atoms with Crippen LogP contribution >= 0.6 is 34.2 Å². The van der Waals surface area contributed by atoms with Crippen LogP contribution < -0.4 is 9.47 Å². The number of halogens is 2. The average Bonchev–Trinajstić information content (AvgIpc) is 2.95. The van der Waals surface area contributed by atoms with Gasteiger partial charge in [-0.25, -0.2) is 4.79 Å². The maximum atomic E-state index is 11.8. The maximum Gasteiger partial charge on any atom is 0.367 e. The second-order valence-electron chi connectivity index (χ2n) is 5.76. The first kappa shape index (κ1) is 19.7. The Morgan fingerprint density at radius 2 is 2.04 bits per heavy atom. The number of hydrogen-bond donors (Lipinski definition) is 0. The third-order valence-electron chi connectivity index (χ3n) is 3.85. The number of carbonyl (C=O) groups excluding carboxylic acids is 1. The predicted molar refractivity (Wildman–Crippen MR) is 113 cm³/mol. The van der Waals surface area contributed by atoms with Gasteiger partial charge in [0.05, 0.1) is 21.5 Å². The van der Waals surface area contributed by atoms with Crippen LogP contribution in [0.5, 0.6) is 11.5 Å². The van der Waals surface area contributed by atoms with Crippen LogP contribution in [0.2, 0.25) is 5.02 Å². The number of benzene rings is 2. The summed E-state index contributed by atoms with van der Waals surface area (Å²) in [5.74, 6) is 0.780. The van der Waals surface area contributed by atoms with Crippen molar-refractivity contribution in [3.63, 3.8) is 0 Å². The van der Waals surface area contributed by atoms with E-state index in [9.17, 15) is 4.79 Å². The second kappa shape index (κ2) is 8.75. The normalized spacial score (nSPS) is 14.9. The highest BCUT2D eigenvalue weighted by Gasteiger charge is 2.22. The first-order chi connectivity index (χ1) is 13.0. The molecule has 1 aliphatic rings. The molecule has 5 nitrogen and oxygen atoms in total. The molecule has 0 unspecified atom stereocenters. The Bertz CT molecular complexity index is 940. The Balaban J connectivity index is 1.91. The number of hydrogen-bond acceptors (Lipinski definition) is 5. The van der Waals surface area contributed by atoms with Crippen molar-refractivity contribution in [2.45, 2.75) is 20.5 Å². The highest BCUT2D eigenvalue weighted by molar-refractivity contribution is 14.1. The van der Waals surface area contributed by atoms with E-state index in [0.29, 0.717) is 41.0 Å². The molecule has 0 bridgehead atoms. The quantitative estimate of drug-likeness (QED) is 0.311. The van der Waals surface area contributed by atoms with E-state index < -0.39 is 5.97 Å². The standard InChI is InChI=1S/C20H17ClINO4/c1-3-25-18-10-13(8-15-12(2)23-27-20(15)24)9-17(22)19(18)26-11-14-6-4-5-7-16(14)21/h4-10H,3,11H2,1-2H3/b15-8+. The highest BCUT2D eigenvalue weighted by atomic mass is 127. The lowest BCUT2D eigenvalue weighted by Crippen LogP contribution is -2.04. The molecule has 1 aliphatic heterocycles. The molecule has 0 saturated heterocycles. The van der Waals surface area contributed by atoms with Crippen LogP contribution in [0.1, 0.15) is 25.0 Å². The molecule has 0 atom stereocenters. The molecule has 1 heterocycles. The minimum atomic E-state index is -0.459. The van der Waals surface area contributed by atoms with Gasteiger partial charge in [0.1, 0.15) is 6.61 Å². The molecule has 140 valence electrons. The van der Waals surface area contributed by atoms with Gasteiger partial charge in [0.25, 0.3) is 0 Å². The van der Waals surface area contributed by atoms with E-state index in [0.717, 1.165) is 14.7 Å². The van der Waals surface area contributed by atoms with Crippen molar-refractivity contribution >= 4 is 51.9 Å². The van der Waals surface area contributed by atoms with Gasteiger partial charge in [-0.3, -0.25) is 0 Å². The SMILES string of the molecule is CCOc1cc(/C=C2/C(=O)ON=C2C)cc(I)c1OCc1ccccc1Cl. The Hall–Kier alpha value is -2.06. The smallest absolute Gasteiger partial charge is 0.367 e. The van der Waals surface area contributed by atoms with E-state index in [1.165, 1.54) is 0 Å². The monoisotopic (exact) mass is 497 g/mol. The topological polar surface area (TPSA) is 57.1 Å². The van der Waals surface area contributed by atoms with E-state index in [4.69, 9.17) is 25.9 Å². The second-order valence-corrected chi connectivity index (χ2v) is 7.33. The van der Waals surface area contributed by atoms with Gasteiger partial charge < -0.3 is 14.3 Å². The van der Waals surface area contributed by atoms with E-state index in [1.807, 2.05) is 43.3 Å². The van der Waals surface area contributed by atoms with Crippen LogP contribution in [-0.2, 0) is 16.2 Å². The summed E-state index contributed by atoms with van der Waals surface area (Å²) in [6, 6.07) is 11.3. The van der Waals surface area contributed by atoms with Crippen LogP contribution in [0.15, 0.2) is 47.1 Å². The first-order valence-corrected chi connectivity index (χ1v) is 9.75. The molecular weight excluding hydrogens is 481 g/mol. The Morgan fingerprint density at radius 3 is 2.70 bits per heavy atom. The first-order valence-electron chi connectivity index (χ1n) is 8.30. The highest BCUT2D eigenvalue weighted by Crippen LogP contribution is 2.36. The van der Waals surface area contributed by atoms with Gasteiger partial charge in [0.15, 0.2) is 11.5 Å². The minimum Gasteiger partial charge on any atom is -0.490 e. The minimum absolute atomic E-state index is 0.328. The fourth-order valence-corrected chi connectivity index (χ4v) is 3.50. The van der Waals surface area contributed by atoms with Gasteiger partial charge in [-0.1, -0.05) is 35.0 Å². The molecule has 0 fully saturated rings. The van der Waals surface area contributed by atoms with E-state index in [2.05, 4.69) is 27.7 Å². The maximum absolute atomic E-state index is 11.8. The van der Waals surface area contributed by atoms with Crippen molar-refractivity contribution < 1.29 is 19.1 Å². The van der Waals surface area contributed by atoms with Gasteiger partial charge in [-0.05, 0) is 66.3 Å². The predicted octanol–water partition coefficient (Wildman–Crippen LogP) is 5.24. The summed E-state index contributed by atoms with van der Waals surface area (Å²) in [4.78, 5) is 16.5. The Morgan fingerprint density at radius 1 is 1.26 bits per heavy atom. The third-order valence-corrected chi connectivity index (χ3v) is 5.02. The number of ether oxygens (including phenoxy) is 2. The Kier molecular flexibility index (Phi) is 6.38. The number of rotatable bonds is 6. The lowest BCUT2D eigenvalue weighted by Gasteiger charge is -2.15. The summed E-state index contributed by atoms with van der Waals surface area (Å²) in [5, 5.41) is 4.35. The summed E-state index contributed by atoms with van der Waals surface area (Å²) in [7, 11) is 0. The van der Waals surface area contributed by atoms with Gasteiger partial charge in [-0.15, -0.1) is 0 Å². The molecule has 0 N–H and O–H groups in total. The van der Waals surface area contributed by atoms with Crippen LogP contribution in [0.4, 0.5) is 0 Å². The molecule has 27 heavy (non-hydrogen) atoms. The number of nitrogens with zero attached hydrogens (tertiary/aromatic N) is 1. The average molecular weight is 498 g/mol. The van der Waals surface area contributed by atoms with Crippen molar-refractivity contribution in [1.29, 1.82) is 0 Å². The summed E-state index contributed by atoms with van der Waals surface area (Å²) in [5.41, 5.74) is 2.67. The molecule has 0 aromatic heterocycles. The van der Waals surface area contributed by atoms with E-state index in [-0.39, 0.29) is 0 Å². The molecule has 0 spiro atoms. The molecule has 7 heteroatoms. The number of carbonyl (C=O) groups is 1. The van der Waals surface area contributed by atoms with Gasteiger partial charge >= 0.3 is 5.97 Å². The van der Waals surface area contributed by atoms with Gasteiger partial charge in [-0.2, -0.15) is 0 Å². The van der Waals surface area contributed by atoms with Gasteiger partial charge in [0, 0.05) is 10.6 Å². The molecule has 0 saturated carbocycles. The fraction of sp³-hybridized carbons (Fsp3) is 0.200. The van der Waals surface area contributed by atoms with Crippen LogP contribution in [0.25, 0.3) is 6.08 Å². The van der Waals surface area contributed by atoms with Crippen molar-refractivity contribution in [3.05, 3.63) is 61.7 Å².